The fourth-order valence-corrected chi connectivity index (χ4v) is 4.67. The smallest absolute Gasteiger partial charge is 0.223 e. The van der Waals surface area contributed by atoms with Crippen LogP contribution in [0.2, 0.25) is 10.0 Å². The minimum Gasteiger partial charge on any atom is -0.343 e. The molecule has 0 N–H and O–H groups in total. The molecule has 5 heteroatoms. The van der Waals surface area contributed by atoms with E-state index in [4.69, 9.17) is 23.2 Å². The van der Waals surface area contributed by atoms with Crippen molar-refractivity contribution in [3.63, 3.8) is 0 Å². The summed E-state index contributed by atoms with van der Waals surface area (Å²) in [6.45, 7) is 1.79. The first-order chi connectivity index (χ1) is 13.1. The molecule has 0 unspecified atom stereocenters. The van der Waals surface area contributed by atoms with Gasteiger partial charge in [0.1, 0.15) is 0 Å². The Hall–Kier alpha value is -1.16. The van der Waals surface area contributed by atoms with Gasteiger partial charge in [0.15, 0.2) is 0 Å². The summed E-state index contributed by atoms with van der Waals surface area (Å²) in [5.74, 6) is 2.67. The van der Waals surface area contributed by atoms with Gasteiger partial charge in [-0.05, 0) is 48.4 Å². The molecule has 1 fully saturated rings. The van der Waals surface area contributed by atoms with Crippen LogP contribution in [0.15, 0.2) is 48.5 Å². The Labute approximate surface area is 176 Å². The summed E-state index contributed by atoms with van der Waals surface area (Å²) in [4.78, 5) is 14.5. The topological polar surface area (TPSA) is 20.3 Å². The molecule has 0 aromatic heterocycles. The highest BCUT2D eigenvalue weighted by Gasteiger charge is 2.22. The van der Waals surface area contributed by atoms with Crippen LogP contribution in [0.4, 0.5) is 0 Å². The average molecular weight is 422 g/mol. The molecular formula is C22H25Cl2NOS. The van der Waals surface area contributed by atoms with Gasteiger partial charge in [-0.25, -0.2) is 0 Å². The van der Waals surface area contributed by atoms with Crippen LogP contribution >= 0.6 is 35.0 Å². The van der Waals surface area contributed by atoms with Crippen LogP contribution in [0.25, 0.3) is 0 Å². The molecule has 0 bridgehead atoms. The van der Waals surface area contributed by atoms with Gasteiger partial charge in [0.25, 0.3) is 0 Å². The van der Waals surface area contributed by atoms with E-state index in [1.165, 1.54) is 5.56 Å². The largest absolute Gasteiger partial charge is 0.343 e. The summed E-state index contributed by atoms with van der Waals surface area (Å²) in [6, 6.07) is 16.4. The molecule has 1 heterocycles. The molecule has 27 heavy (non-hydrogen) atoms. The standard InChI is InChI=1S/C22H25Cl2NOS/c23-20-7-6-19(15-21(20)24)16-27-13-10-22(26)25-11-8-18(9-12-25)14-17-4-2-1-3-5-17/h1-7,15,18H,8-14,16H2. The number of amides is 1. The van der Waals surface area contributed by atoms with Crippen molar-refractivity contribution in [1.82, 2.24) is 4.90 Å². The first-order valence-electron chi connectivity index (χ1n) is 9.45. The van der Waals surface area contributed by atoms with Crippen molar-refractivity contribution in [2.45, 2.75) is 31.4 Å². The Morgan fingerprint density at radius 1 is 1.00 bits per heavy atom. The molecule has 0 saturated carbocycles. The van der Waals surface area contributed by atoms with E-state index in [2.05, 4.69) is 30.3 Å². The fraction of sp³-hybridized carbons (Fsp3) is 0.409. The lowest BCUT2D eigenvalue weighted by molar-refractivity contribution is -0.132. The highest BCUT2D eigenvalue weighted by Crippen LogP contribution is 2.25. The van der Waals surface area contributed by atoms with Gasteiger partial charge in [-0.3, -0.25) is 4.79 Å². The van der Waals surface area contributed by atoms with E-state index < -0.39 is 0 Å². The van der Waals surface area contributed by atoms with Gasteiger partial charge in [-0.1, -0.05) is 59.6 Å². The van der Waals surface area contributed by atoms with Crippen LogP contribution in [0.3, 0.4) is 0 Å². The zero-order chi connectivity index (χ0) is 19.1. The number of hydrogen-bond donors (Lipinski definition) is 0. The predicted octanol–water partition coefficient (Wildman–Crippen LogP) is 6.10. The van der Waals surface area contributed by atoms with Gasteiger partial charge in [0, 0.05) is 31.0 Å². The lowest BCUT2D eigenvalue weighted by atomic mass is 9.90. The van der Waals surface area contributed by atoms with Gasteiger partial charge in [0.05, 0.1) is 10.0 Å². The SMILES string of the molecule is O=C(CCSCc1ccc(Cl)c(Cl)c1)N1CCC(Cc2ccccc2)CC1. The lowest BCUT2D eigenvalue weighted by Gasteiger charge is -2.32. The van der Waals surface area contributed by atoms with E-state index in [-0.39, 0.29) is 5.91 Å². The molecule has 3 rings (SSSR count). The van der Waals surface area contributed by atoms with Gasteiger partial charge in [-0.2, -0.15) is 11.8 Å². The number of thioether (sulfide) groups is 1. The number of benzene rings is 2. The maximum Gasteiger partial charge on any atom is 0.223 e. The van der Waals surface area contributed by atoms with Gasteiger partial charge >= 0.3 is 0 Å². The number of piperidine rings is 1. The number of nitrogens with zero attached hydrogens (tertiary/aromatic N) is 1. The number of hydrogen-bond acceptors (Lipinski definition) is 2. The summed E-state index contributed by atoms with van der Waals surface area (Å²) < 4.78 is 0. The summed E-state index contributed by atoms with van der Waals surface area (Å²) in [6.07, 6.45) is 3.95. The van der Waals surface area contributed by atoms with Crippen LogP contribution in [-0.2, 0) is 17.0 Å². The minimum atomic E-state index is 0.287. The van der Waals surface area contributed by atoms with E-state index in [1.54, 1.807) is 11.8 Å². The zero-order valence-corrected chi connectivity index (χ0v) is 17.7. The van der Waals surface area contributed by atoms with Crippen molar-refractivity contribution in [3.05, 3.63) is 69.7 Å². The second-order valence-corrected chi connectivity index (χ2v) is 8.98. The molecule has 1 aliphatic heterocycles. The lowest BCUT2D eigenvalue weighted by Crippen LogP contribution is -2.39. The third kappa shape index (κ3) is 6.44. The average Bonchev–Trinajstić information content (AvgIpc) is 2.69. The van der Waals surface area contributed by atoms with E-state index in [9.17, 15) is 4.79 Å². The molecule has 2 aromatic carbocycles. The van der Waals surface area contributed by atoms with E-state index in [0.717, 1.165) is 49.4 Å². The molecule has 144 valence electrons. The molecule has 1 aliphatic rings. The Balaban J connectivity index is 1.34. The third-order valence-corrected chi connectivity index (χ3v) is 6.82. The molecule has 0 atom stereocenters. The van der Waals surface area contributed by atoms with Crippen LogP contribution in [0.5, 0.6) is 0 Å². The highest BCUT2D eigenvalue weighted by molar-refractivity contribution is 7.98. The molecule has 1 saturated heterocycles. The van der Waals surface area contributed by atoms with Crippen molar-refractivity contribution in [2.75, 3.05) is 18.8 Å². The van der Waals surface area contributed by atoms with E-state index >= 15 is 0 Å². The summed E-state index contributed by atoms with van der Waals surface area (Å²) >= 11 is 13.7. The second kappa shape index (κ2) is 10.4. The van der Waals surface area contributed by atoms with Crippen molar-refractivity contribution in [2.24, 2.45) is 5.92 Å². The molecule has 0 aliphatic carbocycles. The molecule has 0 radical (unpaired) electrons. The van der Waals surface area contributed by atoms with Crippen LogP contribution in [-0.4, -0.2) is 29.6 Å². The first kappa shape index (κ1) is 20.6. The normalized spacial score (nSPS) is 15.1. The summed E-state index contributed by atoms with van der Waals surface area (Å²) in [5, 5.41) is 1.17. The molecule has 2 nitrogen and oxygen atoms in total. The van der Waals surface area contributed by atoms with Crippen molar-refractivity contribution < 1.29 is 4.79 Å². The van der Waals surface area contributed by atoms with Crippen molar-refractivity contribution in [3.8, 4) is 0 Å². The minimum absolute atomic E-state index is 0.287. The Bertz CT molecular complexity index is 745. The van der Waals surface area contributed by atoms with Gasteiger partial charge in [0.2, 0.25) is 5.91 Å². The fourth-order valence-electron chi connectivity index (χ4n) is 3.47. The summed E-state index contributed by atoms with van der Waals surface area (Å²) in [7, 11) is 0. The zero-order valence-electron chi connectivity index (χ0n) is 15.4. The van der Waals surface area contributed by atoms with Crippen LogP contribution in [0.1, 0.15) is 30.4 Å². The first-order valence-corrected chi connectivity index (χ1v) is 11.4. The number of likely N-dealkylation sites (tertiary alicyclic amines) is 1. The number of carbonyl (C=O) groups is 1. The predicted molar refractivity (Wildman–Crippen MR) is 117 cm³/mol. The number of halogens is 2. The maximum atomic E-state index is 12.4. The Morgan fingerprint density at radius 2 is 1.74 bits per heavy atom. The van der Waals surface area contributed by atoms with Gasteiger partial charge in [-0.15, -0.1) is 0 Å². The van der Waals surface area contributed by atoms with E-state index in [0.29, 0.717) is 22.4 Å². The summed E-state index contributed by atoms with van der Waals surface area (Å²) in [5.41, 5.74) is 2.55. The van der Waals surface area contributed by atoms with Gasteiger partial charge < -0.3 is 4.90 Å². The number of rotatable bonds is 7. The van der Waals surface area contributed by atoms with Crippen molar-refractivity contribution >= 4 is 40.9 Å². The Kier molecular flexibility index (Phi) is 7.93. The molecule has 2 aromatic rings. The number of carbonyl (C=O) groups excluding carboxylic acids is 1. The van der Waals surface area contributed by atoms with Crippen LogP contribution in [0, 0.1) is 5.92 Å². The van der Waals surface area contributed by atoms with Crippen molar-refractivity contribution in [1.29, 1.82) is 0 Å². The third-order valence-electron chi connectivity index (χ3n) is 5.05. The highest BCUT2D eigenvalue weighted by atomic mass is 35.5. The molecule has 1 amide bonds. The molecule has 0 spiro atoms. The van der Waals surface area contributed by atoms with Crippen LogP contribution < -0.4 is 0 Å². The monoisotopic (exact) mass is 421 g/mol. The quantitative estimate of drug-likeness (QED) is 0.503. The maximum absolute atomic E-state index is 12.4. The van der Waals surface area contributed by atoms with E-state index in [1.807, 2.05) is 23.1 Å². The Morgan fingerprint density at radius 3 is 2.44 bits per heavy atom. The second-order valence-electron chi connectivity index (χ2n) is 7.06. The molecular weight excluding hydrogens is 397 g/mol.